The van der Waals surface area contributed by atoms with Gasteiger partial charge in [-0.05, 0) is 72.0 Å². The maximum absolute atomic E-state index is 11.8. The second-order valence-electron chi connectivity index (χ2n) is 11.9. The molecule has 4 aliphatic rings. The quantitative estimate of drug-likeness (QED) is 0.288. The predicted molar refractivity (Wildman–Crippen MR) is 162 cm³/mol. The summed E-state index contributed by atoms with van der Waals surface area (Å²) in [5.74, 6) is 1.72. The Morgan fingerprint density at radius 1 is 0.854 bits per heavy atom. The number of fused-ring (bicyclic) bond motifs is 8. The molecule has 0 bridgehead atoms. The zero-order valence-corrected chi connectivity index (χ0v) is 25.2. The number of benzene rings is 2. The van der Waals surface area contributed by atoms with Crippen molar-refractivity contribution in [1.29, 1.82) is 0 Å². The van der Waals surface area contributed by atoms with Gasteiger partial charge in [0.05, 0.1) is 14.2 Å². The molecule has 0 aliphatic carbocycles. The minimum atomic E-state index is 0.0325. The lowest BCUT2D eigenvalue weighted by Gasteiger charge is -2.44. The fourth-order valence-electron chi connectivity index (χ4n) is 7.93. The Labute approximate surface area is 248 Å². The van der Waals surface area contributed by atoms with Crippen molar-refractivity contribution in [3.05, 3.63) is 89.3 Å². The molecule has 6 nitrogen and oxygen atoms in total. The molecule has 8 rings (SSSR count). The van der Waals surface area contributed by atoms with Gasteiger partial charge in [0.1, 0.15) is 0 Å². The number of aryl methyl sites for hydroxylation is 1. The van der Waals surface area contributed by atoms with Gasteiger partial charge in [0.2, 0.25) is 0 Å². The predicted octanol–water partition coefficient (Wildman–Crippen LogP) is 6.45. The highest BCUT2D eigenvalue weighted by Gasteiger charge is 2.42. The van der Waals surface area contributed by atoms with E-state index in [0.29, 0.717) is 24.1 Å². The molecule has 6 heterocycles. The first-order valence-corrected chi connectivity index (χ1v) is 16.1. The lowest BCUT2D eigenvalue weighted by Crippen LogP contribution is -2.41. The van der Waals surface area contributed by atoms with Crippen molar-refractivity contribution in [3.63, 3.8) is 0 Å². The van der Waals surface area contributed by atoms with Crippen LogP contribution in [0.3, 0.4) is 0 Å². The van der Waals surface area contributed by atoms with Crippen LogP contribution < -0.4 is 9.47 Å². The van der Waals surface area contributed by atoms with Crippen molar-refractivity contribution < 1.29 is 19.7 Å². The normalized spacial score (nSPS) is 23.0. The molecule has 0 saturated carbocycles. The number of thiophene rings is 2. The largest absolute Gasteiger partial charge is 0.504 e. The molecule has 2 aromatic carbocycles. The van der Waals surface area contributed by atoms with Gasteiger partial charge in [-0.25, -0.2) is 0 Å². The van der Waals surface area contributed by atoms with Crippen molar-refractivity contribution in [3.8, 4) is 23.0 Å². The van der Waals surface area contributed by atoms with E-state index in [0.717, 1.165) is 55.6 Å². The molecule has 2 N–H and O–H groups in total. The summed E-state index contributed by atoms with van der Waals surface area (Å²) < 4.78 is 11.6. The van der Waals surface area contributed by atoms with Gasteiger partial charge in [0, 0.05) is 75.5 Å². The third-order valence-corrected chi connectivity index (χ3v) is 12.0. The minimum Gasteiger partial charge on any atom is -0.504 e. The van der Waals surface area contributed by atoms with Gasteiger partial charge in [-0.3, -0.25) is 9.80 Å². The van der Waals surface area contributed by atoms with Crippen molar-refractivity contribution in [2.45, 2.75) is 57.3 Å². The molecule has 1 unspecified atom stereocenters. The van der Waals surface area contributed by atoms with Gasteiger partial charge in [0.25, 0.3) is 0 Å². The van der Waals surface area contributed by atoms with Crippen LogP contribution in [0.5, 0.6) is 23.0 Å². The van der Waals surface area contributed by atoms with E-state index in [4.69, 9.17) is 9.47 Å². The van der Waals surface area contributed by atoms with E-state index < -0.39 is 0 Å². The van der Waals surface area contributed by atoms with E-state index in [1.807, 2.05) is 28.7 Å². The topological polar surface area (TPSA) is 65.4 Å². The molecule has 0 amide bonds. The third-order valence-electron chi connectivity index (χ3n) is 9.80. The van der Waals surface area contributed by atoms with Crippen molar-refractivity contribution in [2.24, 2.45) is 0 Å². The van der Waals surface area contributed by atoms with Crippen LogP contribution in [0.25, 0.3) is 0 Å². The number of aromatic hydroxyl groups is 2. The number of phenolic OH excluding ortho intramolecular Hbond substituents is 2. The Morgan fingerprint density at radius 3 is 2.44 bits per heavy atom. The number of methoxy groups -OCH3 is 2. The Balaban J connectivity index is 1.23. The lowest BCUT2D eigenvalue weighted by atomic mass is 9.79. The van der Waals surface area contributed by atoms with Gasteiger partial charge >= 0.3 is 0 Å². The second kappa shape index (κ2) is 9.49. The van der Waals surface area contributed by atoms with E-state index >= 15 is 0 Å². The zero-order chi connectivity index (χ0) is 28.0. The van der Waals surface area contributed by atoms with Crippen molar-refractivity contribution in [2.75, 3.05) is 27.3 Å². The van der Waals surface area contributed by atoms with Crippen LogP contribution in [0.4, 0.5) is 0 Å². The molecule has 8 heteroatoms. The average molecular weight is 587 g/mol. The maximum atomic E-state index is 11.8. The fraction of sp³-hybridized carbons (Fsp3) is 0.394. The molecule has 0 fully saturated rings. The smallest absolute Gasteiger partial charge is 0.165 e. The average Bonchev–Trinajstić information content (AvgIpc) is 3.62. The Morgan fingerprint density at radius 2 is 1.61 bits per heavy atom. The minimum absolute atomic E-state index is 0.0325. The van der Waals surface area contributed by atoms with E-state index in [2.05, 4.69) is 40.3 Å². The molecule has 0 saturated heterocycles. The van der Waals surface area contributed by atoms with E-state index in [9.17, 15) is 10.2 Å². The Kier molecular flexibility index (Phi) is 5.94. The third kappa shape index (κ3) is 3.80. The summed E-state index contributed by atoms with van der Waals surface area (Å²) in [4.78, 5) is 9.23. The Hall–Kier alpha value is -3.04. The first-order chi connectivity index (χ1) is 19.9. The van der Waals surface area contributed by atoms with Crippen molar-refractivity contribution in [1.82, 2.24) is 9.80 Å². The van der Waals surface area contributed by atoms with Crippen LogP contribution >= 0.6 is 22.7 Å². The van der Waals surface area contributed by atoms with Crippen LogP contribution in [0.15, 0.2) is 35.7 Å². The molecular weight excluding hydrogens is 553 g/mol. The number of hydrogen-bond donors (Lipinski definition) is 2. The van der Waals surface area contributed by atoms with Crippen LogP contribution in [-0.2, 0) is 32.4 Å². The number of hydrogen-bond acceptors (Lipinski definition) is 8. The highest BCUT2D eigenvalue weighted by molar-refractivity contribution is 7.12. The Bertz CT molecular complexity index is 1690. The highest BCUT2D eigenvalue weighted by atomic mass is 32.1. The monoisotopic (exact) mass is 586 g/mol. The van der Waals surface area contributed by atoms with Gasteiger partial charge in [-0.2, -0.15) is 0 Å². The standard InChI is InChI=1S/C33H34N2O4S2/c1-17-10-22-27-12-18-4-5-28(36)31(38-2)23(18)15-35(27)16-25(33(22)41-17)21-11-19-13-26-20-7-9-40-29(20)6-8-34(26)14-24(19)32(39-3)30(21)37/h4-5,7,9-11,25-27,36-37H,6,8,12-16H2,1-3H3/t25?,26-,27+/m0/s1. The van der Waals surface area contributed by atoms with Gasteiger partial charge in [0.15, 0.2) is 23.0 Å². The molecule has 2 aromatic heterocycles. The fourth-order valence-corrected chi connectivity index (χ4v) is 10.0. The zero-order valence-electron chi connectivity index (χ0n) is 23.6. The van der Waals surface area contributed by atoms with Crippen molar-refractivity contribution >= 4 is 22.7 Å². The van der Waals surface area contributed by atoms with Crippen LogP contribution in [-0.4, -0.2) is 47.3 Å². The molecule has 212 valence electrons. The first kappa shape index (κ1) is 25.7. The van der Waals surface area contributed by atoms with Gasteiger partial charge in [-0.15, -0.1) is 22.7 Å². The molecule has 3 atom stereocenters. The number of nitrogens with zero attached hydrogens (tertiary/aromatic N) is 2. The summed E-state index contributed by atoms with van der Waals surface area (Å²) in [6.45, 7) is 5.51. The highest BCUT2D eigenvalue weighted by Crippen LogP contribution is 2.53. The number of phenols is 2. The number of ether oxygens (including phenoxy) is 2. The van der Waals surface area contributed by atoms with Crippen LogP contribution in [0.1, 0.15) is 71.6 Å². The SMILES string of the molecule is COc1c(O)ccc2c1CN1CC(c3cc4c(c(OC)c3O)CN3CCc5sccc5[C@@H]3C4)c3sc(C)cc3[C@H]1C2. The van der Waals surface area contributed by atoms with E-state index in [1.165, 1.54) is 36.9 Å². The number of rotatable bonds is 3. The summed E-state index contributed by atoms with van der Waals surface area (Å²) in [6.07, 6.45) is 2.90. The molecular formula is C33H34N2O4S2. The molecule has 0 spiro atoms. The lowest BCUT2D eigenvalue weighted by molar-refractivity contribution is 0.148. The maximum Gasteiger partial charge on any atom is 0.165 e. The summed E-state index contributed by atoms with van der Waals surface area (Å²) in [5.41, 5.74) is 8.52. The summed E-state index contributed by atoms with van der Waals surface area (Å²) in [6, 6.07) is 11.4. The van der Waals surface area contributed by atoms with E-state index in [1.54, 1.807) is 20.3 Å². The first-order valence-electron chi connectivity index (χ1n) is 14.4. The van der Waals surface area contributed by atoms with Crippen LogP contribution in [0, 0.1) is 6.92 Å². The van der Waals surface area contributed by atoms with Gasteiger partial charge < -0.3 is 19.7 Å². The molecule has 4 aliphatic heterocycles. The summed E-state index contributed by atoms with van der Waals surface area (Å²) in [5, 5.41) is 24.5. The summed E-state index contributed by atoms with van der Waals surface area (Å²) in [7, 11) is 3.32. The summed E-state index contributed by atoms with van der Waals surface area (Å²) >= 11 is 3.74. The van der Waals surface area contributed by atoms with Gasteiger partial charge in [-0.1, -0.05) is 12.1 Å². The van der Waals surface area contributed by atoms with E-state index in [-0.39, 0.29) is 23.5 Å². The second-order valence-corrected chi connectivity index (χ2v) is 14.1. The molecule has 0 radical (unpaired) electrons. The molecule has 4 aromatic rings. The van der Waals surface area contributed by atoms with Crippen LogP contribution in [0.2, 0.25) is 0 Å². The molecule has 41 heavy (non-hydrogen) atoms.